The van der Waals surface area contributed by atoms with Gasteiger partial charge in [-0.1, -0.05) is 55.4 Å². The first-order valence-electron chi connectivity index (χ1n) is 13.0. The molecule has 0 aromatic heterocycles. The lowest BCUT2D eigenvalue weighted by molar-refractivity contribution is -0.239. The highest BCUT2D eigenvalue weighted by Crippen LogP contribution is 2.33. The highest BCUT2D eigenvalue weighted by Gasteiger charge is 2.40. The van der Waals surface area contributed by atoms with Crippen LogP contribution in [0.1, 0.15) is 107 Å². The second kappa shape index (κ2) is 16.9. The van der Waals surface area contributed by atoms with Gasteiger partial charge in [0.15, 0.2) is 0 Å². The number of carbonyl (C=O) groups excluding carboxylic acids is 3. The predicted octanol–water partition coefficient (Wildman–Crippen LogP) is 5.67. The fourth-order valence-corrected chi connectivity index (χ4v) is 3.70. The maximum Gasteiger partial charge on any atom is 0.309 e. The van der Waals surface area contributed by atoms with Crippen LogP contribution in [-0.2, 0) is 28.6 Å². The van der Waals surface area contributed by atoms with Crippen molar-refractivity contribution in [2.75, 3.05) is 13.2 Å². The summed E-state index contributed by atoms with van der Waals surface area (Å²) in [6, 6.07) is 0. The van der Waals surface area contributed by atoms with Crippen molar-refractivity contribution in [3.8, 4) is 0 Å². The van der Waals surface area contributed by atoms with Crippen LogP contribution >= 0.6 is 0 Å². The van der Waals surface area contributed by atoms with Gasteiger partial charge in [0.25, 0.3) is 5.79 Å². The van der Waals surface area contributed by atoms with E-state index in [9.17, 15) is 19.5 Å². The van der Waals surface area contributed by atoms with Gasteiger partial charge in [-0.2, -0.15) is 0 Å². The molecule has 2 atom stereocenters. The van der Waals surface area contributed by atoms with E-state index in [2.05, 4.69) is 0 Å². The van der Waals surface area contributed by atoms with Gasteiger partial charge in [0.2, 0.25) is 0 Å². The summed E-state index contributed by atoms with van der Waals surface area (Å²) < 4.78 is 17.1. The van der Waals surface area contributed by atoms with Gasteiger partial charge < -0.3 is 19.3 Å². The zero-order valence-electron chi connectivity index (χ0n) is 22.9. The zero-order valence-corrected chi connectivity index (χ0v) is 22.9. The lowest BCUT2D eigenvalue weighted by Gasteiger charge is -2.36. The van der Waals surface area contributed by atoms with E-state index in [1.165, 1.54) is 0 Å². The summed E-state index contributed by atoms with van der Waals surface area (Å²) in [5.41, 5.74) is 0. The molecule has 0 fully saturated rings. The van der Waals surface area contributed by atoms with E-state index < -0.39 is 5.79 Å². The van der Waals surface area contributed by atoms with Crippen molar-refractivity contribution in [1.82, 2.24) is 0 Å². The number of hydrogen-bond acceptors (Lipinski definition) is 7. The van der Waals surface area contributed by atoms with Gasteiger partial charge in [-0.05, 0) is 48.9 Å². The second-order valence-electron chi connectivity index (χ2n) is 11.1. The molecule has 34 heavy (non-hydrogen) atoms. The van der Waals surface area contributed by atoms with E-state index in [1.807, 2.05) is 55.4 Å². The van der Waals surface area contributed by atoms with Gasteiger partial charge in [-0.15, -0.1) is 0 Å². The Morgan fingerprint density at radius 3 is 1.59 bits per heavy atom. The van der Waals surface area contributed by atoms with Crippen molar-refractivity contribution in [2.24, 2.45) is 29.6 Å². The van der Waals surface area contributed by atoms with Gasteiger partial charge in [-0.3, -0.25) is 14.4 Å². The maximum absolute atomic E-state index is 12.7. The van der Waals surface area contributed by atoms with E-state index in [4.69, 9.17) is 14.2 Å². The SMILES string of the molecule is CC(C)CC(=O)OCCC(C)CCC(CC(C)CCO)(OC(=O)CC(C)C)OC(=O)CC(C)C. The Morgan fingerprint density at radius 2 is 1.15 bits per heavy atom. The number of esters is 3. The first kappa shape index (κ1) is 32.4. The third kappa shape index (κ3) is 16.1. The number of ether oxygens (including phenoxy) is 3. The monoisotopic (exact) mass is 486 g/mol. The molecule has 0 aliphatic heterocycles. The number of aliphatic hydroxyl groups is 1. The molecular weight excluding hydrogens is 436 g/mol. The summed E-state index contributed by atoms with van der Waals surface area (Å²) in [5, 5.41) is 9.39. The summed E-state index contributed by atoms with van der Waals surface area (Å²) in [6.45, 7) is 16.0. The van der Waals surface area contributed by atoms with Crippen LogP contribution in [0, 0.1) is 29.6 Å². The van der Waals surface area contributed by atoms with Crippen LogP contribution in [-0.4, -0.2) is 42.0 Å². The summed E-state index contributed by atoms with van der Waals surface area (Å²) in [5.74, 6) is -1.68. The molecule has 0 aliphatic rings. The maximum atomic E-state index is 12.7. The molecule has 0 aromatic rings. The Hall–Kier alpha value is -1.63. The highest BCUT2D eigenvalue weighted by atomic mass is 16.7. The molecule has 0 amide bonds. The smallest absolute Gasteiger partial charge is 0.309 e. The van der Waals surface area contributed by atoms with Gasteiger partial charge in [0.1, 0.15) is 0 Å². The van der Waals surface area contributed by atoms with Crippen molar-refractivity contribution in [3.63, 3.8) is 0 Å². The predicted molar refractivity (Wildman–Crippen MR) is 133 cm³/mol. The minimum absolute atomic E-state index is 0.00371. The number of carbonyl (C=O) groups is 3. The standard InChI is InChI=1S/C27H50O7/c1-19(2)15-24(29)32-14-11-22(7)9-12-27(18-23(8)10-13-28,33-25(30)16-20(3)4)34-26(31)17-21(5)6/h19-23,28H,9-18H2,1-8H3. The Labute approximate surface area is 207 Å². The number of aliphatic hydroxyl groups excluding tert-OH is 1. The molecule has 0 bridgehead atoms. The van der Waals surface area contributed by atoms with E-state index in [1.54, 1.807) is 0 Å². The lowest BCUT2D eigenvalue weighted by Crippen LogP contribution is -2.42. The van der Waals surface area contributed by atoms with Crippen LogP contribution < -0.4 is 0 Å². The molecule has 7 heteroatoms. The zero-order chi connectivity index (χ0) is 26.3. The van der Waals surface area contributed by atoms with Gasteiger partial charge in [0, 0.05) is 38.7 Å². The topological polar surface area (TPSA) is 99.1 Å². The molecule has 2 unspecified atom stereocenters. The summed E-state index contributed by atoms with van der Waals surface area (Å²) in [4.78, 5) is 37.1. The van der Waals surface area contributed by atoms with E-state index in [-0.39, 0.29) is 66.9 Å². The second-order valence-corrected chi connectivity index (χ2v) is 11.1. The molecular formula is C27H50O7. The summed E-state index contributed by atoms with van der Waals surface area (Å²) >= 11 is 0. The average molecular weight is 487 g/mol. The highest BCUT2D eigenvalue weighted by molar-refractivity contribution is 5.72. The first-order valence-corrected chi connectivity index (χ1v) is 13.0. The third-order valence-corrected chi connectivity index (χ3v) is 5.50. The van der Waals surface area contributed by atoms with E-state index in [0.29, 0.717) is 45.1 Å². The molecule has 0 radical (unpaired) electrons. The minimum atomic E-state index is -1.37. The largest absolute Gasteiger partial charge is 0.466 e. The van der Waals surface area contributed by atoms with Crippen LogP contribution in [0.5, 0.6) is 0 Å². The molecule has 0 saturated carbocycles. The Bertz CT molecular complexity index is 574. The van der Waals surface area contributed by atoms with Crippen molar-refractivity contribution < 1.29 is 33.7 Å². The molecule has 7 nitrogen and oxygen atoms in total. The Balaban J connectivity index is 5.42. The molecule has 0 spiro atoms. The fourth-order valence-electron chi connectivity index (χ4n) is 3.70. The van der Waals surface area contributed by atoms with Gasteiger partial charge in [-0.25, -0.2) is 0 Å². The van der Waals surface area contributed by atoms with Crippen molar-refractivity contribution in [1.29, 1.82) is 0 Å². The van der Waals surface area contributed by atoms with Crippen LogP contribution in [0.25, 0.3) is 0 Å². The van der Waals surface area contributed by atoms with Crippen LogP contribution in [0.4, 0.5) is 0 Å². The molecule has 200 valence electrons. The van der Waals surface area contributed by atoms with Crippen LogP contribution in [0.2, 0.25) is 0 Å². The van der Waals surface area contributed by atoms with E-state index >= 15 is 0 Å². The Kier molecular flexibility index (Phi) is 16.1. The summed E-state index contributed by atoms with van der Waals surface area (Å²) in [6.07, 6.45) is 3.39. The molecule has 0 aromatic carbocycles. The molecule has 0 aliphatic carbocycles. The minimum Gasteiger partial charge on any atom is -0.466 e. The quantitative estimate of drug-likeness (QED) is 0.197. The molecule has 1 N–H and O–H groups in total. The number of rotatable bonds is 18. The molecule has 0 rings (SSSR count). The molecule has 0 heterocycles. The Morgan fingerprint density at radius 1 is 0.676 bits per heavy atom. The van der Waals surface area contributed by atoms with Crippen molar-refractivity contribution >= 4 is 17.9 Å². The summed E-state index contributed by atoms with van der Waals surface area (Å²) in [7, 11) is 0. The number of hydrogen-bond donors (Lipinski definition) is 1. The van der Waals surface area contributed by atoms with Gasteiger partial charge in [0.05, 0.1) is 6.61 Å². The third-order valence-electron chi connectivity index (χ3n) is 5.50. The lowest BCUT2D eigenvalue weighted by atomic mass is 9.90. The molecule has 0 saturated heterocycles. The average Bonchev–Trinajstić information content (AvgIpc) is 2.64. The fraction of sp³-hybridized carbons (Fsp3) is 0.889. The van der Waals surface area contributed by atoms with Crippen molar-refractivity contribution in [3.05, 3.63) is 0 Å². The van der Waals surface area contributed by atoms with Crippen LogP contribution in [0.3, 0.4) is 0 Å². The van der Waals surface area contributed by atoms with E-state index in [0.717, 1.165) is 0 Å². The normalized spacial score (nSPS) is 13.8. The first-order chi connectivity index (χ1) is 15.8. The van der Waals surface area contributed by atoms with Crippen LogP contribution in [0.15, 0.2) is 0 Å². The van der Waals surface area contributed by atoms with Crippen molar-refractivity contribution in [2.45, 2.75) is 113 Å². The van der Waals surface area contributed by atoms with Gasteiger partial charge >= 0.3 is 17.9 Å².